The van der Waals surface area contributed by atoms with Crippen LogP contribution in [0.5, 0.6) is 0 Å². The van der Waals surface area contributed by atoms with E-state index >= 15 is 0 Å². The first kappa shape index (κ1) is 26.9. The van der Waals surface area contributed by atoms with E-state index in [4.69, 9.17) is 4.74 Å². The Bertz CT molecular complexity index is 656. The van der Waals surface area contributed by atoms with Crippen LogP contribution < -0.4 is 5.32 Å². The molecule has 0 atom stereocenters. The van der Waals surface area contributed by atoms with Crippen LogP contribution in [0.15, 0.2) is 24.3 Å². The van der Waals surface area contributed by atoms with E-state index in [1.54, 1.807) is 0 Å². The Morgan fingerprint density at radius 3 is 2.03 bits per heavy atom. The molecule has 174 valence electrons. The zero-order chi connectivity index (χ0) is 23.1. The zero-order valence-corrected chi connectivity index (χ0v) is 20.2. The first-order valence-corrected chi connectivity index (χ1v) is 11.6. The minimum absolute atomic E-state index is 0.409. The maximum Gasteiger partial charge on any atom is 0.407 e. The first-order valence-electron chi connectivity index (χ1n) is 11.6. The number of benzene rings is 1. The van der Waals surface area contributed by atoms with Gasteiger partial charge in [0.25, 0.3) is 0 Å². The summed E-state index contributed by atoms with van der Waals surface area (Å²) >= 11 is 0. The fraction of sp³-hybridized carbons (Fsp3) is 0.680. The molecule has 1 N–H and O–H groups in total. The first-order chi connectivity index (χ1) is 14.8. The summed E-state index contributed by atoms with van der Waals surface area (Å²) in [5, 5.41) is 12.0. The molecule has 0 aliphatic heterocycles. The summed E-state index contributed by atoms with van der Waals surface area (Å²) in [6.07, 6.45) is 4.25. The van der Waals surface area contributed by atoms with Crippen molar-refractivity contribution in [1.82, 2.24) is 15.1 Å². The van der Waals surface area contributed by atoms with Crippen molar-refractivity contribution in [2.45, 2.75) is 79.0 Å². The third-order valence-electron chi connectivity index (χ3n) is 4.84. The Morgan fingerprint density at radius 1 is 0.968 bits per heavy atom. The van der Waals surface area contributed by atoms with Crippen LogP contribution in [0.4, 0.5) is 4.79 Å². The molecule has 0 radical (unpaired) electrons. The molecular formula is C25H42N4O2. The SMILES string of the molecule is CCCN(CCC)CCCCN(CC#N)Cc1ccc(CNC(=O)OC(C)(C)C)cc1. The molecule has 0 fully saturated rings. The van der Waals surface area contributed by atoms with E-state index in [1.165, 1.54) is 31.5 Å². The Balaban J connectivity index is 2.44. The van der Waals surface area contributed by atoms with Crippen LogP contribution in [0, 0.1) is 11.3 Å². The third kappa shape index (κ3) is 13.0. The van der Waals surface area contributed by atoms with E-state index in [0.717, 1.165) is 38.0 Å². The number of hydrogen-bond acceptors (Lipinski definition) is 5. The molecule has 0 saturated carbocycles. The van der Waals surface area contributed by atoms with Crippen molar-refractivity contribution >= 4 is 6.09 Å². The van der Waals surface area contributed by atoms with Crippen LogP contribution in [-0.4, -0.2) is 54.2 Å². The minimum Gasteiger partial charge on any atom is -0.444 e. The van der Waals surface area contributed by atoms with Crippen molar-refractivity contribution in [3.05, 3.63) is 35.4 Å². The maximum atomic E-state index is 11.8. The lowest BCUT2D eigenvalue weighted by atomic mass is 10.1. The number of carbonyl (C=O) groups excluding carboxylic acids is 1. The molecule has 6 nitrogen and oxygen atoms in total. The molecule has 0 heterocycles. The number of nitrogens with one attached hydrogen (secondary N) is 1. The fourth-order valence-electron chi connectivity index (χ4n) is 3.46. The van der Waals surface area contributed by atoms with Gasteiger partial charge in [-0.15, -0.1) is 0 Å². The second kappa shape index (κ2) is 14.8. The zero-order valence-electron chi connectivity index (χ0n) is 20.2. The molecule has 0 aliphatic rings. The average Bonchev–Trinajstić information content (AvgIpc) is 2.69. The number of ether oxygens (including phenoxy) is 1. The molecule has 1 rings (SSSR count). The molecule has 0 spiro atoms. The molecule has 6 heteroatoms. The lowest BCUT2D eigenvalue weighted by Gasteiger charge is -2.23. The number of rotatable bonds is 14. The third-order valence-corrected chi connectivity index (χ3v) is 4.84. The van der Waals surface area contributed by atoms with Gasteiger partial charge in [-0.1, -0.05) is 38.1 Å². The predicted octanol–water partition coefficient (Wildman–Crippen LogP) is 4.94. The predicted molar refractivity (Wildman–Crippen MR) is 127 cm³/mol. The van der Waals surface area contributed by atoms with E-state index in [0.29, 0.717) is 13.1 Å². The minimum atomic E-state index is -0.498. The van der Waals surface area contributed by atoms with Gasteiger partial charge in [-0.05, 0) is 83.8 Å². The van der Waals surface area contributed by atoms with Crippen molar-refractivity contribution in [3.8, 4) is 6.07 Å². The summed E-state index contributed by atoms with van der Waals surface area (Å²) in [6.45, 7) is 16.1. The Hall–Kier alpha value is -2.10. The summed E-state index contributed by atoms with van der Waals surface area (Å²) in [6, 6.07) is 10.5. The van der Waals surface area contributed by atoms with Gasteiger partial charge in [0.1, 0.15) is 5.60 Å². The molecule has 31 heavy (non-hydrogen) atoms. The molecule has 0 aromatic heterocycles. The summed E-state index contributed by atoms with van der Waals surface area (Å²) in [5.41, 5.74) is 1.70. The van der Waals surface area contributed by atoms with Crippen molar-refractivity contribution in [1.29, 1.82) is 5.26 Å². The Kier molecular flexibility index (Phi) is 12.9. The lowest BCUT2D eigenvalue weighted by Crippen LogP contribution is -2.32. The summed E-state index contributed by atoms with van der Waals surface area (Å²) in [4.78, 5) is 16.5. The van der Waals surface area contributed by atoms with E-state index in [2.05, 4.69) is 47.2 Å². The highest BCUT2D eigenvalue weighted by atomic mass is 16.6. The van der Waals surface area contributed by atoms with E-state index in [1.807, 2.05) is 32.9 Å². The number of amides is 1. The number of nitrogens with zero attached hydrogens (tertiary/aromatic N) is 3. The van der Waals surface area contributed by atoms with Gasteiger partial charge in [-0.3, -0.25) is 4.90 Å². The van der Waals surface area contributed by atoms with Crippen LogP contribution in [-0.2, 0) is 17.8 Å². The quantitative estimate of drug-likeness (QED) is 0.334. The van der Waals surface area contributed by atoms with Gasteiger partial charge in [0, 0.05) is 13.1 Å². The number of carbonyl (C=O) groups is 1. The van der Waals surface area contributed by atoms with Crippen LogP contribution in [0.1, 0.15) is 71.4 Å². The Labute approximate surface area is 189 Å². The molecule has 0 saturated heterocycles. The smallest absolute Gasteiger partial charge is 0.407 e. The van der Waals surface area contributed by atoms with Crippen LogP contribution in [0.25, 0.3) is 0 Å². The maximum absolute atomic E-state index is 11.8. The summed E-state index contributed by atoms with van der Waals surface area (Å²) < 4.78 is 5.26. The molecule has 1 aromatic rings. The normalized spacial score (nSPS) is 11.5. The average molecular weight is 431 g/mol. The number of alkyl carbamates (subject to hydrolysis) is 1. The van der Waals surface area contributed by atoms with Gasteiger partial charge < -0.3 is 15.0 Å². The molecular weight excluding hydrogens is 388 g/mol. The molecule has 1 aromatic carbocycles. The second-order valence-electron chi connectivity index (χ2n) is 9.09. The van der Waals surface area contributed by atoms with Gasteiger partial charge >= 0.3 is 6.09 Å². The summed E-state index contributed by atoms with van der Waals surface area (Å²) in [5.74, 6) is 0. The number of unbranched alkanes of at least 4 members (excludes halogenated alkanes) is 1. The number of hydrogen-bond donors (Lipinski definition) is 1. The van der Waals surface area contributed by atoms with Crippen LogP contribution in [0.2, 0.25) is 0 Å². The van der Waals surface area contributed by atoms with Crippen molar-refractivity contribution in [3.63, 3.8) is 0 Å². The van der Waals surface area contributed by atoms with Gasteiger partial charge in [-0.25, -0.2) is 4.79 Å². The highest BCUT2D eigenvalue weighted by molar-refractivity contribution is 5.67. The van der Waals surface area contributed by atoms with Gasteiger partial charge in [-0.2, -0.15) is 5.26 Å². The van der Waals surface area contributed by atoms with E-state index < -0.39 is 11.7 Å². The monoisotopic (exact) mass is 430 g/mol. The van der Waals surface area contributed by atoms with E-state index in [-0.39, 0.29) is 0 Å². The molecule has 0 aliphatic carbocycles. The van der Waals surface area contributed by atoms with Gasteiger partial charge in [0.2, 0.25) is 0 Å². The number of nitriles is 1. The standard InChI is InChI=1S/C25H42N4O2/c1-6-15-28(16-7-2)17-8-9-18-29(19-14-26)21-23-12-10-22(11-13-23)20-27-24(30)31-25(3,4)5/h10-13H,6-9,15-21H2,1-5H3,(H,27,30). The van der Waals surface area contributed by atoms with Gasteiger partial charge in [0.05, 0.1) is 12.6 Å². The van der Waals surface area contributed by atoms with Crippen LogP contribution >= 0.6 is 0 Å². The largest absolute Gasteiger partial charge is 0.444 e. The topological polar surface area (TPSA) is 68.6 Å². The second-order valence-corrected chi connectivity index (χ2v) is 9.09. The molecule has 1 amide bonds. The van der Waals surface area contributed by atoms with E-state index in [9.17, 15) is 10.1 Å². The van der Waals surface area contributed by atoms with Crippen molar-refractivity contribution < 1.29 is 9.53 Å². The van der Waals surface area contributed by atoms with Crippen LogP contribution in [0.3, 0.4) is 0 Å². The summed E-state index contributed by atoms with van der Waals surface area (Å²) in [7, 11) is 0. The van der Waals surface area contributed by atoms with Gasteiger partial charge in [0.15, 0.2) is 0 Å². The fourth-order valence-corrected chi connectivity index (χ4v) is 3.46. The molecule has 0 bridgehead atoms. The van der Waals surface area contributed by atoms with Crippen molar-refractivity contribution in [2.75, 3.05) is 32.7 Å². The van der Waals surface area contributed by atoms with Crippen molar-refractivity contribution in [2.24, 2.45) is 0 Å². The lowest BCUT2D eigenvalue weighted by molar-refractivity contribution is 0.0523. The highest BCUT2D eigenvalue weighted by Crippen LogP contribution is 2.10. The Morgan fingerprint density at radius 2 is 1.52 bits per heavy atom. The molecule has 0 unspecified atom stereocenters. The highest BCUT2D eigenvalue weighted by Gasteiger charge is 2.15.